The lowest BCUT2D eigenvalue weighted by atomic mass is 10.2. The molecule has 0 fully saturated rings. The highest BCUT2D eigenvalue weighted by Gasteiger charge is 2.06. The number of guanidine groups is 1. The maximum Gasteiger partial charge on any atom is 0.269 e. The molecule has 6 heteroatoms. The average molecular weight is 220 g/mol. The number of nitrogens with one attached hydrogen (secondary N) is 2. The van der Waals surface area contributed by atoms with Gasteiger partial charge < -0.3 is 10.6 Å². The molecule has 0 aliphatic carbocycles. The minimum atomic E-state index is -0.403. The van der Waals surface area contributed by atoms with E-state index in [4.69, 9.17) is 0 Å². The summed E-state index contributed by atoms with van der Waals surface area (Å²) in [6.45, 7) is 2.27. The van der Waals surface area contributed by atoms with Crippen LogP contribution in [0, 0.1) is 10.1 Å². The quantitative estimate of drug-likeness (QED) is 0.578. The van der Waals surface area contributed by atoms with Crippen LogP contribution in [0.4, 0.5) is 5.69 Å². The number of nitrogens with zero attached hydrogens (tertiary/aromatic N) is 2. The molecule has 0 spiro atoms. The molecule has 0 saturated carbocycles. The Bertz CT molecular complexity index is 413. The van der Waals surface area contributed by atoms with Crippen molar-refractivity contribution in [1.82, 2.24) is 10.6 Å². The summed E-state index contributed by atoms with van der Waals surface area (Å²) in [5.74, 6) is 0.790. The van der Waals surface area contributed by atoms with E-state index in [0.717, 1.165) is 24.6 Å². The van der Waals surface area contributed by atoms with Crippen LogP contribution in [0.2, 0.25) is 0 Å². The van der Waals surface area contributed by atoms with Crippen LogP contribution in [0.3, 0.4) is 0 Å². The maximum absolute atomic E-state index is 10.4. The van der Waals surface area contributed by atoms with Crippen LogP contribution in [-0.4, -0.2) is 24.0 Å². The lowest BCUT2D eigenvalue weighted by Crippen LogP contribution is -2.33. The monoisotopic (exact) mass is 220 g/mol. The van der Waals surface area contributed by atoms with Crippen molar-refractivity contribution in [2.45, 2.75) is 6.54 Å². The number of nitro benzene ring substituents is 1. The first-order valence-corrected chi connectivity index (χ1v) is 5.01. The fourth-order valence-electron chi connectivity index (χ4n) is 1.44. The van der Waals surface area contributed by atoms with E-state index in [0.29, 0.717) is 6.54 Å². The molecular formula is C10H12N4O2. The molecule has 0 saturated heterocycles. The zero-order valence-corrected chi connectivity index (χ0v) is 8.64. The van der Waals surface area contributed by atoms with Gasteiger partial charge in [0.2, 0.25) is 0 Å². The fraction of sp³-hybridized carbons (Fsp3) is 0.300. The third-order valence-electron chi connectivity index (χ3n) is 2.28. The fourth-order valence-corrected chi connectivity index (χ4v) is 1.44. The molecule has 0 amide bonds. The number of non-ortho nitro benzene ring substituents is 1. The second-order valence-corrected chi connectivity index (χ2v) is 3.43. The molecular weight excluding hydrogens is 208 g/mol. The van der Waals surface area contributed by atoms with Crippen molar-refractivity contribution in [3.63, 3.8) is 0 Å². The largest absolute Gasteiger partial charge is 0.355 e. The zero-order valence-electron chi connectivity index (χ0n) is 8.64. The number of hydrogen-bond donors (Lipinski definition) is 2. The summed E-state index contributed by atoms with van der Waals surface area (Å²) < 4.78 is 0. The highest BCUT2D eigenvalue weighted by atomic mass is 16.6. The number of aliphatic imine (C=N–C) groups is 1. The van der Waals surface area contributed by atoms with E-state index in [1.807, 2.05) is 0 Å². The van der Waals surface area contributed by atoms with Gasteiger partial charge in [-0.1, -0.05) is 12.1 Å². The predicted octanol–water partition coefficient (Wildman–Crippen LogP) is 0.644. The Morgan fingerprint density at radius 1 is 1.44 bits per heavy atom. The third-order valence-corrected chi connectivity index (χ3v) is 2.28. The Hall–Kier alpha value is -2.11. The second-order valence-electron chi connectivity index (χ2n) is 3.43. The third kappa shape index (κ3) is 2.47. The summed E-state index contributed by atoms with van der Waals surface area (Å²) in [4.78, 5) is 14.2. The Morgan fingerprint density at radius 2 is 2.19 bits per heavy atom. The van der Waals surface area contributed by atoms with E-state index in [1.54, 1.807) is 12.1 Å². The van der Waals surface area contributed by atoms with E-state index >= 15 is 0 Å². The van der Waals surface area contributed by atoms with Crippen molar-refractivity contribution < 1.29 is 4.92 Å². The minimum absolute atomic E-state index is 0.111. The van der Waals surface area contributed by atoms with Crippen molar-refractivity contribution in [3.8, 4) is 0 Å². The van der Waals surface area contributed by atoms with Crippen molar-refractivity contribution >= 4 is 11.6 Å². The Balaban J connectivity index is 1.92. The molecule has 84 valence electrons. The first-order valence-electron chi connectivity index (χ1n) is 5.01. The number of benzene rings is 1. The van der Waals surface area contributed by atoms with Crippen LogP contribution >= 0.6 is 0 Å². The maximum atomic E-state index is 10.4. The first-order chi connectivity index (χ1) is 7.75. The van der Waals surface area contributed by atoms with Crippen LogP contribution in [0.25, 0.3) is 0 Å². The molecule has 0 atom stereocenters. The van der Waals surface area contributed by atoms with E-state index in [1.165, 1.54) is 12.1 Å². The van der Waals surface area contributed by atoms with Crippen LogP contribution in [0.5, 0.6) is 0 Å². The number of hydrogen-bond acceptors (Lipinski definition) is 5. The van der Waals surface area contributed by atoms with E-state index in [2.05, 4.69) is 15.6 Å². The second kappa shape index (κ2) is 4.61. The number of rotatable bonds is 3. The highest BCUT2D eigenvalue weighted by molar-refractivity contribution is 5.81. The lowest BCUT2D eigenvalue weighted by molar-refractivity contribution is -0.384. The summed E-state index contributed by atoms with van der Waals surface area (Å²) in [7, 11) is 0. The average Bonchev–Trinajstić information content (AvgIpc) is 2.80. The van der Waals surface area contributed by atoms with E-state index < -0.39 is 4.92 Å². The minimum Gasteiger partial charge on any atom is -0.355 e. The smallest absolute Gasteiger partial charge is 0.269 e. The molecule has 16 heavy (non-hydrogen) atoms. The molecule has 2 rings (SSSR count). The zero-order chi connectivity index (χ0) is 11.4. The molecule has 1 heterocycles. The highest BCUT2D eigenvalue weighted by Crippen LogP contribution is 2.11. The van der Waals surface area contributed by atoms with Crippen LogP contribution in [0.1, 0.15) is 5.56 Å². The van der Waals surface area contributed by atoms with Gasteiger partial charge in [0, 0.05) is 25.2 Å². The first kappa shape index (κ1) is 10.4. The van der Waals surface area contributed by atoms with Gasteiger partial charge >= 0.3 is 0 Å². The summed E-state index contributed by atoms with van der Waals surface area (Å²) in [6, 6.07) is 6.48. The van der Waals surface area contributed by atoms with Gasteiger partial charge in [0.15, 0.2) is 5.96 Å². The van der Waals surface area contributed by atoms with Gasteiger partial charge in [-0.2, -0.15) is 0 Å². The molecule has 1 aliphatic heterocycles. The van der Waals surface area contributed by atoms with Crippen LogP contribution in [0.15, 0.2) is 29.3 Å². The van der Waals surface area contributed by atoms with Crippen LogP contribution in [-0.2, 0) is 6.54 Å². The predicted molar refractivity (Wildman–Crippen MR) is 60.2 cm³/mol. The van der Waals surface area contributed by atoms with Gasteiger partial charge in [-0.15, -0.1) is 0 Å². The van der Waals surface area contributed by atoms with Gasteiger partial charge in [-0.05, 0) is 5.56 Å². The molecule has 1 aromatic carbocycles. The van der Waals surface area contributed by atoms with Crippen molar-refractivity contribution in [1.29, 1.82) is 0 Å². The van der Waals surface area contributed by atoms with E-state index in [9.17, 15) is 10.1 Å². The van der Waals surface area contributed by atoms with Gasteiger partial charge in [0.1, 0.15) is 0 Å². The summed E-state index contributed by atoms with van der Waals surface area (Å²) in [5.41, 5.74) is 1.10. The Morgan fingerprint density at radius 3 is 2.75 bits per heavy atom. The van der Waals surface area contributed by atoms with Gasteiger partial charge in [-0.3, -0.25) is 15.1 Å². The Labute approximate surface area is 92.5 Å². The topological polar surface area (TPSA) is 79.6 Å². The molecule has 2 N–H and O–H groups in total. The summed E-state index contributed by atoms with van der Waals surface area (Å²) in [6.07, 6.45) is 0. The molecule has 1 aromatic rings. The number of nitro groups is 1. The van der Waals surface area contributed by atoms with Gasteiger partial charge in [-0.25, -0.2) is 0 Å². The van der Waals surface area contributed by atoms with Crippen molar-refractivity contribution in [2.24, 2.45) is 4.99 Å². The molecule has 0 unspecified atom stereocenters. The molecule has 6 nitrogen and oxygen atoms in total. The SMILES string of the molecule is O=[N+]([O-])c1ccc(CNC2=NCCN2)cc1. The van der Waals surface area contributed by atoms with Crippen molar-refractivity contribution in [3.05, 3.63) is 39.9 Å². The van der Waals surface area contributed by atoms with Crippen molar-refractivity contribution in [2.75, 3.05) is 13.1 Å². The summed E-state index contributed by atoms with van der Waals surface area (Å²) in [5, 5.41) is 16.6. The lowest BCUT2D eigenvalue weighted by Gasteiger charge is -2.05. The molecule has 1 aliphatic rings. The standard InChI is InChI=1S/C10H12N4O2/c15-14(16)9-3-1-8(2-4-9)7-13-10-11-5-6-12-10/h1-4H,5-7H2,(H2,11,12,13). The molecule has 0 aromatic heterocycles. The summed E-state index contributed by atoms with van der Waals surface area (Å²) >= 11 is 0. The molecule has 0 bridgehead atoms. The Kier molecular flexibility index (Phi) is 3.00. The van der Waals surface area contributed by atoms with Crippen LogP contribution < -0.4 is 10.6 Å². The van der Waals surface area contributed by atoms with Gasteiger partial charge in [0.05, 0.1) is 11.5 Å². The molecule has 0 radical (unpaired) electrons. The normalized spacial score (nSPS) is 14.1. The van der Waals surface area contributed by atoms with Gasteiger partial charge in [0.25, 0.3) is 5.69 Å². The van der Waals surface area contributed by atoms with E-state index in [-0.39, 0.29) is 5.69 Å².